The fraction of sp³-hybridized carbons (Fsp3) is 0.133. The van der Waals surface area contributed by atoms with Gasteiger partial charge in [-0.05, 0) is 36.8 Å². The van der Waals surface area contributed by atoms with E-state index in [1.165, 1.54) is 19.2 Å². The molecule has 0 aliphatic heterocycles. The van der Waals surface area contributed by atoms with Crippen molar-refractivity contribution in [1.29, 1.82) is 0 Å². The molecule has 2 rings (SSSR count). The lowest BCUT2D eigenvalue weighted by molar-refractivity contribution is 0.103. The predicted molar refractivity (Wildman–Crippen MR) is 72.6 cm³/mol. The van der Waals surface area contributed by atoms with Crippen LogP contribution in [0.2, 0.25) is 5.02 Å². The molecule has 2 nitrogen and oxygen atoms in total. The largest absolute Gasteiger partial charge is 0.496 e. The summed E-state index contributed by atoms with van der Waals surface area (Å²) in [7, 11) is 1.45. The van der Waals surface area contributed by atoms with Crippen LogP contribution in [0, 0.1) is 12.7 Å². The lowest BCUT2D eigenvalue weighted by Crippen LogP contribution is -2.07. The Morgan fingerprint density at radius 1 is 1.21 bits per heavy atom. The van der Waals surface area contributed by atoms with Crippen LogP contribution in [0.4, 0.5) is 4.39 Å². The third kappa shape index (κ3) is 2.61. The molecule has 0 aliphatic carbocycles. The van der Waals surface area contributed by atoms with Gasteiger partial charge in [0.2, 0.25) is 0 Å². The zero-order valence-corrected chi connectivity index (χ0v) is 11.3. The van der Waals surface area contributed by atoms with Gasteiger partial charge in [-0.1, -0.05) is 23.7 Å². The zero-order chi connectivity index (χ0) is 14.0. The Balaban J connectivity index is 2.56. The monoisotopic (exact) mass is 278 g/mol. The lowest BCUT2D eigenvalue weighted by Gasteiger charge is -2.09. The molecule has 0 amide bonds. The number of ketones is 1. The summed E-state index contributed by atoms with van der Waals surface area (Å²) in [6.45, 7) is 1.61. The first-order valence-electron chi connectivity index (χ1n) is 5.68. The van der Waals surface area contributed by atoms with Crippen molar-refractivity contribution in [2.45, 2.75) is 6.92 Å². The first-order chi connectivity index (χ1) is 9.04. The molecule has 0 N–H and O–H groups in total. The van der Waals surface area contributed by atoms with Gasteiger partial charge in [0.1, 0.15) is 11.6 Å². The van der Waals surface area contributed by atoms with Gasteiger partial charge < -0.3 is 4.74 Å². The Bertz CT molecular complexity index is 638. The molecule has 0 aromatic heterocycles. The molecular weight excluding hydrogens is 267 g/mol. The predicted octanol–water partition coefficient (Wildman–Crippen LogP) is 4.03. The van der Waals surface area contributed by atoms with Crippen molar-refractivity contribution in [3.05, 3.63) is 63.9 Å². The number of ether oxygens (including phenoxy) is 1. The average molecular weight is 279 g/mol. The van der Waals surface area contributed by atoms with Crippen molar-refractivity contribution < 1.29 is 13.9 Å². The Morgan fingerprint density at radius 3 is 2.63 bits per heavy atom. The fourth-order valence-electron chi connectivity index (χ4n) is 1.83. The van der Waals surface area contributed by atoms with Gasteiger partial charge in [-0.2, -0.15) is 0 Å². The third-order valence-electron chi connectivity index (χ3n) is 2.84. The van der Waals surface area contributed by atoms with Crippen molar-refractivity contribution >= 4 is 17.4 Å². The molecule has 4 heteroatoms. The van der Waals surface area contributed by atoms with E-state index < -0.39 is 11.6 Å². The van der Waals surface area contributed by atoms with Gasteiger partial charge in [-0.15, -0.1) is 0 Å². The molecule has 0 saturated carbocycles. The first-order valence-corrected chi connectivity index (χ1v) is 6.05. The van der Waals surface area contributed by atoms with Crippen LogP contribution in [0.3, 0.4) is 0 Å². The third-order valence-corrected chi connectivity index (χ3v) is 3.08. The maximum Gasteiger partial charge on any atom is 0.199 e. The van der Waals surface area contributed by atoms with E-state index in [0.717, 1.165) is 0 Å². The van der Waals surface area contributed by atoms with Crippen LogP contribution in [0.25, 0.3) is 0 Å². The van der Waals surface area contributed by atoms with Crippen LogP contribution in [-0.4, -0.2) is 12.9 Å². The maximum atomic E-state index is 14.0. The summed E-state index contributed by atoms with van der Waals surface area (Å²) in [5.74, 6) is -0.592. The summed E-state index contributed by atoms with van der Waals surface area (Å²) < 4.78 is 19.1. The van der Waals surface area contributed by atoms with E-state index in [1.807, 2.05) is 0 Å². The highest BCUT2D eigenvalue weighted by Crippen LogP contribution is 2.26. The summed E-state index contributed by atoms with van der Waals surface area (Å²) in [6, 6.07) is 9.38. The van der Waals surface area contributed by atoms with Crippen LogP contribution in [0.15, 0.2) is 36.4 Å². The summed E-state index contributed by atoms with van der Waals surface area (Å²) in [5.41, 5.74) is 0.687. The molecule has 0 fully saturated rings. The van der Waals surface area contributed by atoms with Crippen LogP contribution < -0.4 is 4.74 Å². The highest BCUT2D eigenvalue weighted by molar-refractivity contribution is 6.31. The summed E-state index contributed by atoms with van der Waals surface area (Å²) >= 11 is 5.87. The Morgan fingerprint density at radius 2 is 1.95 bits per heavy atom. The van der Waals surface area contributed by atoms with Gasteiger partial charge in [-0.25, -0.2) is 4.39 Å². The van der Waals surface area contributed by atoms with Crippen molar-refractivity contribution in [1.82, 2.24) is 0 Å². The number of aryl methyl sites for hydroxylation is 1. The van der Waals surface area contributed by atoms with E-state index in [1.54, 1.807) is 31.2 Å². The molecule has 0 aliphatic rings. The van der Waals surface area contributed by atoms with E-state index in [9.17, 15) is 9.18 Å². The molecule has 19 heavy (non-hydrogen) atoms. The molecule has 0 atom stereocenters. The lowest BCUT2D eigenvalue weighted by atomic mass is 10.00. The summed E-state index contributed by atoms with van der Waals surface area (Å²) in [6.07, 6.45) is 0. The topological polar surface area (TPSA) is 26.3 Å². The van der Waals surface area contributed by atoms with Crippen molar-refractivity contribution in [3.63, 3.8) is 0 Å². The number of rotatable bonds is 3. The van der Waals surface area contributed by atoms with Crippen molar-refractivity contribution in [2.24, 2.45) is 0 Å². The van der Waals surface area contributed by atoms with Gasteiger partial charge in [-0.3, -0.25) is 4.79 Å². The molecule has 0 unspecified atom stereocenters. The van der Waals surface area contributed by atoms with Crippen molar-refractivity contribution in [3.8, 4) is 5.75 Å². The quantitative estimate of drug-likeness (QED) is 0.793. The normalized spacial score (nSPS) is 10.3. The van der Waals surface area contributed by atoms with E-state index in [2.05, 4.69) is 0 Å². The van der Waals surface area contributed by atoms with E-state index in [4.69, 9.17) is 16.3 Å². The second-order valence-corrected chi connectivity index (χ2v) is 4.55. The van der Waals surface area contributed by atoms with E-state index in [0.29, 0.717) is 16.3 Å². The van der Waals surface area contributed by atoms with Crippen molar-refractivity contribution in [2.75, 3.05) is 7.11 Å². The Labute approximate surface area is 115 Å². The van der Waals surface area contributed by atoms with Gasteiger partial charge in [0, 0.05) is 5.02 Å². The minimum Gasteiger partial charge on any atom is -0.496 e. The number of benzene rings is 2. The van der Waals surface area contributed by atoms with E-state index >= 15 is 0 Å². The number of halogens is 2. The number of hydrogen-bond donors (Lipinski definition) is 0. The first kappa shape index (κ1) is 13.6. The SMILES string of the molecule is COc1ccc(Cl)cc1C(=O)c1cccc(C)c1F. The fourth-order valence-corrected chi connectivity index (χ4v) is 2.00. The smallest absolute Gasteiger partial charge is 0.199 e. The summed E-state index contributed by atoms with van der Waals surface area (Å²) in [4.78, 5) is 12.4. The van der Waals surface area contributed by atoms with Crippen LogP contribution in [-0.2, 0) is 0 Å². The van der Waals surface area contributed by atoms with Crippen LogP contribution in [0.1, 0.15) is 21.5 Å². The molecule has 0 bridgehead atoms. The molecule has 2 aromatic carbocycles. The molecule has 0 saturated heterocycles. The Hall–Kier alpha value is -1.87. The number of carbonyl (C=O) groups excluding carboxylic acids is 1. The number of methoxy groups -OCH3 is 1. The maximum absolute atomic E-state index is 14.0. The molecule has 98 valence electrons. The Kier molecular flexibility index (Phi) is 3.86. The van der Waals surface area contributed by atoms with E-state index in [-0.39, 0.29) is 11.1 Å². The minimum atomic E-state index is -0.519. The number of hydrogen-bond acceptors (Lipinski definition) is 2. The number of carbonyl (C=O) groups is 1. The van der Waals surface area contributed by atoms with Gasteiger partial charge in [0.25, 0.3) is 0 Å². The van der Waals surface area contributed by atoms with Crippen LogP contribution >= 0.6 is 11.6 Å². The minimum absolute atomic E-state index is 0.0144. The highest BCUT2D eigenvalue weighted by Gasteiger charge is 2.19. The molecule has 0 heterocycles. The van der Waals surface area contributed by atoms with Gasteiger partial charge >= 0.3 is 0 Å². The van der Waals surface area contributed by atoms with Crippen LogP contribution in [0.5, 0.6) is 5.75 Å². The second-order valence-electron chi connectivity index (χ2n) is 4.11. The zero-order valence-electron chi connectivity index (χ0n) is 10.5. The second kappa shape index (κ2) is 5.41. The summed E-state index contributed by atoms with van der Waals surface area (Å²) in [5, 5.41) is 0.400. The standard InChI is InChI=1S/C15H12ClFO2/c1-9-4-3-5-11(14(9)17)15(18)12-8-10(16)6-7-13(12)19-2/h3-8H,1-2H3. The molecule has 2 aromatic rings. The molecule has 0 spiro atoms. The highest BCUT2D eigenvalue weighted by atomic mass is 35.5. The average Bonchev–Trinajstić information content (AvgIpc) is 2.41. The van der Waals surface area contributed by atoms with Gasteiger partial charge in [0.15, 0.2) is 5.78 Å². The molecular formula is C15H12ClFO2. The molecule has 0 radical (unpaired) electrons. The van der Waals surface area contributed by atoms with Gasteiger partial charge in [0.05, 0.1) is 18.2 Å².